The Bertz CT molecular complexity index is 738. The van der Waals surface area contributed by atoms with E-state index in [1.54, 1.807) is 13.8 Å². The molecule has 13 heteroatoms. The van der Waals surface area contributed by atoms with Crippen molar-refractivity contribution in [2.75, 3.05) is 13.1 Å². The highest BCUT2D eigenvalue weighted by Gasteiger charge is 2.40. The number of amides is 3. The summed E-state index contributed by atoms with van der Waals surface area (Å²) in [5.41, 5.74) is 16.4. The third-order valence-corrected chi connectivity index (χ3v) is 5.42. The van der Waals surface area contributed by atoms with Crippen LogP contribution in [0.5, 0.6) is 0 Å². The maximum Gasteiger partial charge on any atom is 0.326 e. The second-order valence-corrected chi connectivity index (χ2v) is 8.54. The summed E-state index contributed by atoms with van der Waals surface area (Å²) >= 11 is 0. The molecule has 188 valence electrons. The lowest BCUT2D eigenvalue weighted by molar-refractivity contribution is -0.150. The molecule has 1 fully saturated rings. The van der Waals surface area contributed by atoms with E-state index in [4.69, 9.17) is 17.2 Å². The molecule has 0 bridgehead atoms. The molecule has 3 amide bonds. The molecular weight excluding hydrogens is 434 g/mol. The van der Waals surface area contributed by atoms with Crippen molar-refractivity contribution in [1.82, 2.24) is 15.5 Å². The van der Waals surface area contributed by atoms with Crippen LogP contribution in [0.3, 0.4) is 0 Å². The largest absolute Gasteiger partial charge is 0.480 e. The molecular formula is C20H37N7O6. The van der Waals surface area contributed by atoms with Crippen LogP contribution in [0.15, 0.2) is 4.99 Å². The third kappa shape index (κ3) is 8.50. The summed E-state index contributed by atoms with van der Waals surface area (Å²) in [6, 6.07) is -4.29. The lowest BCUT2D eigenvalue weighted by Gasteiger charge is -2.31. The third-order valence-electron chi connectivity index (χ3n) is 5.42. The molecule has 1 aliphatic rings. The van der Waals surface area contributed by atoms with Gasteiger partial charge in [0.1, 0.15) is 18.1 Å². The smallest absolute Gasteiger partial charge is 0.326 e. The summed E-state index contributed by atoms with van der Waals surface area (Å²) in [5.74, 6) is -3.48. The number of hydrogen-bond acceptors (Lipinski definition) is 7. The molecule has 1 saturated heterocycles. The number of nitrogens with zero attached hydrogens (tertiary/aromatic N) is 2. The normalized spacial score (nSPS) is 19.3. The molecule has 5 atom stereocenters. The summed E-state index contributed by atoms with van der Waals surface area (Å²) < 4.78 is 0. The van der Waals surface area contributed by atoms with Crippen molar-refractivity contribution in [3.8, 4) is 0 Å². The highest BCUT2D eigenvalue weighted by atomic mass is 16.4. The Labute approximate surface area is 193 Å². The Hall–Kier alpha value is -2.93. The second kappa shape index (κ2) is 12.9. The van der Waals surface area contributed by atoms with Crippen LogP contribution in [0, 0.1) is 5.92 Å². The van der Waals surface area contributed by atoms with E-state index in [0.717, 1.165) is 4.90 Å². The maximum absolute atomic E-state index is 12.9. The van der Waals surface area contributed by atoms with E-state index in [2.05, 4.69) is 15.6 Å². The molecule has 13 nitrogen and oxygen atoms in total. The summed E-state index contributed by atoms with van der Waals surface area (Å²) in [4.78, 5) is 54.7. The number of aliphatic hydroxyl groups excluding tert-OH is 1. The molecule has 0 spiro atoms. The lowest BCUT2D eigenvalue weighted by Crippen LogP contribution is -2.60. The second-order valence-electron chi connectivity index (χ2n) is 8.54. The zero-order valence-electron chi connectivity index (χ0n) is 19.4. The van der Waals surface area contributed by atoms with Gasteiger partial charge in [-0.1, -0.05) is 13.8 Å². The highest BCUT2D eigenvalue weighted by molar-refractivity contribution is 5.94. The number of carbonyl (C=O) groups is 4. The molecule has 1 aliphatic heterocycles. The van der Waals surface area contributed by atoms with Gasteiger partial charge in [-0.3, -0.25) is 19.4 Å². The first-order valence-corrected chi connectivity index (χ1v) is 11.0. The first kappa shape index (κ1) is 28.1. The molecule has 0 aromatic rings. The van der Waals surface area contributed by atoms with Gasteiger partial charge in [-0.05, 0) is 38.5 Å². The fourth-order valence-electron chi connectivity index (χ4n) is 3.54. The fourth-order valence-corrected chi connectivity index (χ4v) is 3.54. The number of aliphatic imine (C=N–C) groups is 1. The van der Waals surface area contributed by atoms with Crippen LogP contribution < -0.4 is 27.8 Å². The van der Waals surface area contributed by atoms with Gasteiger partial charge in [-0.15, -0.1) is 0 Å². The number of aliphatic hydroxyl groups is 1. The number of carbonyl (C=O) groups excluding carboxylic acids is 3. The maximum atomic E-state index is 12.9. The minimum atomic E-state index is -1.36. The number of hydrogen-bond donors (Lipinski definition) is 7. The van der Waals surface area contributed by atoms with E-state index in [1.807, 2.05) is 0 Å². The van der Waals surface area contributed by atoms with Crippen molar-refractivity contribution in [3.63, 3.8) is 0 Å². The van der Waals surface area contributed by atoms with Crippen molar-refractivity contribution >= 4 is 29.7 Å². The summed E-state index contributed by atoms with van der Waals surface area (Å²) in [6.45, 7) is 5.26. The monoisotopic (exact) mass is 471 g/mol. The Morgan fingerprint density at radius 3 is 2.21 bits per heavy atom. The SMILES string of the molecule is CC(C)C(NC(=O)C(N)CCCN=C(N)N)C(=O)NC(C(=O)N1CCCC1C(=O)O)C(C)O. The van der Waals surface area contributed by atoms with E-state index < -0.39 is 54.0 Å². The first-order valence-electron chi connectivity index (χ1n) is 11.0. The van der Waals surface area contributed by atoms with Crippen LogP contribution in [-0.2, 0) is 19.2 Å². The van der Waals surface area contributed by atoms with Gasteiger partial charge in [0.2, 0.25) is 17.7 Å². The molecule has 1 heterocycles. The first-order chi connectivity index (χ1) is 15.4. The molecule has 0 radical (unpaired) electrons. The van der Waals surface area contributed by atoms with Gasteiger partial charge < -0.3 is 42.9 Å². The van der Waals surface area contributed by atoms with Crippen LogP contribution in [0.2, 0.25) is 0 Å². The van der Waals surface area contributed by atoms with E-state index in [0.29, 0.717) is 25.8 Å². The van der Waals surface area contributed by atoms with Gasteiger partial charge in [-0.2, -0.15) is 0 Å². The van der Waals surface area contributed by atoms with Crippen molar-refractivity contribution in [3.05, 3.63) is 0 Å². The summed E-state index contributed by atoms with van der Waals surface area (Å²) in [6.07, 6.45) is 0.278. The van der Waals surface area contributed by atoms with Gasteiger partial charge in [0.05, 0.1) is 12.1 Å². The van der Waals surface area contributed by atoms with Gasteiger partial charge in [0.15, 0.2) is 5.96 Å². The summed E-state index contributed by atoms with van der Waals surface area (Å²) in [5, 5.41) is 24.5. The Morgan fingerprint density at radius 2 is 1.70 bits per heavy atom. The molecule has 10 N–H and O–H groups in total. The predicted molar refractivity (Wildman–Crippen MR) is 121 cm³/mol. The van der Waals surface area contributed by atoms with Gasteiger partial charge in [0.25, 0.3) is 0 Å². The number of guanidine groups is 1. The Kier molecular flexibility index (Phi) is 11.0. The van der Waals surface area contributed by atoms with Crippen LogP contribution >= 0.6 is 0 Å². The molecule has 33 heavy (non-hydrogen) atoms. The van der Waals surface area contributed by atoms with Crippen LogP contribution in [0.1, 0.15) is 46.5 Å². The van der Waals surface area contributed by atoms with Crippen LogP contribution in [0.4, 0.5) is 0 Å². The minimum absolute atomic E-state index is 0.0598. The highest BCUT2D eigenvalue weighted by Crippen LogP contribution is 2.19. The number of carboxylic acid groups (broad SMARTS) is 1. The van der Waals surface area contributed by atoms with E-state index in [1.165, 1.54) is 6.92 Å². The van der Waals surface area contributed by atoms with Crippen LogP contribution in [0.25, 0.3) is 0 Å². The lowest BCUT2D eigenvalue weighted by atomic mass is 10.0. The van der Waals surface area contributed by atoms with E-state index in [-0.39, 0.29) is 24.8 Å². The average Bonchev–Trinajstić information content (AvgIpc) is 3.22. The van der Waals surface area contributed by atoms with Crippen LogP contribution in [-0.4, -0.2) is 88.1 Å². The topological polar surface area (TPSA) is 226 Å². The van der Waals surface area contributed by atoms with Crippen molar-refractivity contribution < 1.29 is 29.4 Å². The zero-order valence-corrected chi connectivity index (χ0v) is 19.4. The van der Waals surface area contributed by atoms with E-state index in [9.17, 15) is 29.4 Å². The molecule has 0 aromatic carbocycles. The molecule has 5 unspecified atom stereocenters. The number of likely N-dealkylation sites (tertiary alicyclic amines) is 1. The van der Waals surface area contributed by atoms with Crippen molar-refractivity contribution in [2.24, 2.45) is 28.1 Å². The Morgan fingerprint density at radius 1 is 1.09 bits per heavy atom. The minimum Gasteiger partial charge on any atom is -0.480 e. The fraction of sp³-hybridized carbons (Fsp3) is 0.750. The van der Waals surface area contributed by atoms with Gasteiger partial charge in [-0.25, -0.2) is 4.79 Å². The standard InChI is InChI=1S/C20H37N7O6/c1-10(2)14(25-16(29)12(21)6-4-8-24-20(22)23)17(30)26-15(11(3)28)18(31)27-9-5-7-13(27)19(32)33/h10-15,28H,4-9,21H2,1-3H3,(H,25,29)(H,26,30)(H,32,33)(H4,22,23,24). The predicted octanol–water partition coefficient (Wildman–Crippen LogP) is -2.55. The molecule has 1 rings (SSSR count). The van der Waals surface area contributed by atoms with Gasteiger partial charge in [0, 0.05) is 13.1 Å². The number of rotatable bonds is 12. The molecule has 0 saturated carbocycles. The van der Waals surface area contributed by atoms with Crippen molar-refractivity contribution in [2.45, 2.75) is 76.7 Å². The Balaban J connectivity index is 2.82. The molecule has 0 aromatic heterocycles. The molecule has 0 aliphatic carbocycles. The van der Waals surface area contributed by atoms with Crippen molar-refractivity contribution in [1.29, 1.82) is 0 Å². The van der Waals surface area contributed by atoms with E-state index >= 15 is 0 Å². The number of nitrogens with two attached hydrogens (primary N) is 3. The number of carboxylic acids is 1. The average molecular weight is 472 g/mol. The zero-order chi connectivity index (χ0) is 25.3. The quantitative estimate of drug-likeness (QED) is 0.0901. The summed E-state index contributed by atoms with van der Waals surface area (Å²) in [7, 11) is 0. The van der Waals surface area contributed by atoms with Gasteiger partial charge >= 0.3 is 5.97 Å². The number of nitrogens with one attached hydrogen (secondary N) is 2. The number of aliphatic carboxylic acids is 1.